The summed E-state index contributed by atoms with van der Waals surface area (Å²) < 4.78 is 0.985. The Hall–Kier alpha value is -3.26. The van der Waals surface area contributed by atoms with Crippen LogP contribution in [-0.2, 0) is 6.42 Å². The Balaban J connectivity index is 1.70. The predicted octanol–water partition coefficient (Wildman–Crippen LogP) is 6.36. The van der Waals surface area contributed by atoms with Crippen LogP contribution >= 0.6 is 15.9 Å². The second-order valence-electron chi connectivity index (χ2n) is 7.81. The van der Waals surface area contributed by atoms with Gasteiger partial charge in [0.1, 0.15) is 0 Å². The minimum absolute atomic E-state index is 0.0783. The lowest BCUT2D eigenvalue weighted by Gasteiger charge is -2.22. The third-order valence-corrected chi connectivity index (χ3v) is 6.30. The minimum Gasteiger partial charge on any atom is -0.340 e. The summed E-state index contributed by atoms with van der Waals surface area (Å²) in [5.41, 5.74) is 6.19. The topological polar surface area (TPSA) is 89.5 Å². The van der Waals surface area contributed by atoms with Crippen molar-refractivity contribution in [3.05, 3.63) is 102 Å². The van der Waals surface area contributed by atoms with Gasteiger partial charge in [-0.1, -0.05) is 22.0 Å². The molecule has 158 valence electrons. The molecule has 0 saturated carbocycles. The third-order valence-electron chi connectivity index (χ3n) is 5.81. The number of anilines is 2. The molecule has 1 unspecified atom stereocenters. The first-order valence-electron chi connectivity index (χ1n) is 9.80. The van der Waals surface area contributed by atoms with E-state index in [1.807, 2.05) is 26.0 Å². The first-order valence-corrected chi connectivity index (χ1v) is 10.6. The van der Waals surface area contributed by atoms with Gasteiger partial charge in [-0.2, -0.15) is 0 Å². The number of halogens is 1. The Labute approximate surface area is 187 Å². The van der Waals surface area contributed by atoms with E-state index in [4.69, 9.17) is 0 Å². The highest BCUT2D eigenvalue weighted by Crippen LogP contribution is 2.45. The van der Waals surface area contributed by atoms with Crippen LogP contribution in [0, 0.1) is 34.1 Å². The molecular formula is C23H20BrN3O4. The molecule has 0 amide bonds. The van der Waals surface area contributed by atoms with Gasteiger partial charge in [0.25, 0.3) is 11.4 Å². The third kappa shape index (κ3) is 4.03. The molecule has 0 bridgehead atoms. The molecule has 1 atom stereocenters. The molecule has 0 N–H and O–H groups in total. The normalized spacial score (nSPS) is 15.1. The number of hydrogen-bond acceptors (Lipinski definition) is 5. The lowest BCUT2D eigenvalue weighted by atomic mass is 9.91. The molecule has 0 aromatic heterocycles. The summed E-state index contributed by atoms with van der Waals surface area (Å²) >= 11 is 3.57. The Morgan fingerprint density at radius 3 is 2.13 bits per heavy atom. The van der Waals surface area contributed by atoms with E-state index in [1.54, 1.807) is 24.3 Å². The highest BCUT2D eigenvalue weighted by atomic mass is 79.9. The fraction of sp³-hybridized carbons (Fsp3) is 0.217. The van der Waals surface area contributed by atoms with Crippen molar-refractivity contribution < 1.29 is 9.85 Å². The van der Waals surface area contributed by atoms with E-state index in [2.05, 4.69) is 33.0 Å². The second-order valence-corrected chi connectivity index (χ2v) is 8.73. The molecule has 1 heterocycles. The maximum Gasteiger partial charge on any atom is 0.269 e. The minimum atomic E-state index is -0.383. The Morgan fingerprint density at radius 2 is 1.52 bits per heavy atom. The first kappa shape index (κ1) is 21.0. The van der Waals surface area contributed by atoms with Crippen LogP contribution in [0.4, 0.5) is 22.7 Å². The molecule has 0 aliphatic carbocycles. The van der Waals surface area contributed by atoms with Crippen LogP contribution in [0.3, 0.4) is 0 Å². The number of nitrogens with zero attached hydrogens (tertiary/aromatic N) is 3. The van der Waals surface area contributed by atoms with Gasteiger partial charge >= 0.3 is 0 Å². The van der Waals surface area contributed by atoms with Crippen LogP contribution in [0.2, 0.25) is 0 Å². The number of nitro benzene ring substituents is 2. The van der Waals surface area contributed by atoms with Gasteiger partial charge < -0.3 is 4.90 Å². The lowest BCUT2D eigenvalue weighted by molar-refractivity contribution is -0.385. The Morgan fingerprint density at radius 1 is 0.903 bits per heavy atom. The van der Waals surface area contributed by atoms with Gasteiger partial charge in [0, 0.05) is 52.6 Å². The Bertz CT molecular complexity index is 1210. The van der Waals surface area contributed by atoms with E-state index in [9.17, 15) is 20.2 Å². The summed E-state index contributed by atoms with van der Waals surface area (Å²) in [4.78, 5) is 23.6. The summed E-state index contributed by atoms with van der Waals surface area (Å²) in [5, 5.41) is 22.2. The molecular weight excluding hydrogens is 462 g/mol. The molecule has 8 heteroatoms. The van der Waals surface area contributed by atoms with E-state index in [-0.39, 0.29) is 27.1 Å². The number of hydrogen-bond donors (Lipinski definition) is 0. The summed E-state index contributed by atoms with van der Waals surface area (Å²) in [6.45, 7) is 4.51. The highest BCUT2D eigenvalue weighted by Gasteiger charge is 2.31. The van der Waals surface area contributed by atoms with Crippen molar-refractivity contribution in [1.29, 1.82) is 0 Å². The van der Waals surface area contributed by atoms with Gasteiger partial charge in [0.2, 0.25) is 0 Å². The average molecular weight is 482 g/mol. The molecule has 3 aromatic rings. The van der Waals surface area contributed by atoms with E-state index in [0.717, 1.165) is 45.5 Å². The van der Waals surface area contributed by atoms with Crippen LogP contribution in [0.25, 0.3) is 0 Å². The predicted molar refractivity (Wildman–Crippen MR) is 123 cm³/mol. The van der Waals surface area contributed by atoms with E-state index in [1.165, 1.54) is 11.6 Å². The van der Waals surface area contributed by atoms with Gasteiger partial charge in [0.05, 0.1) is 9.85 Å². The molecule has 1 aliphatic heterocycles. The number of nitro groups is 2. The SMILES string of the molecule is Cc1cc([N+](=O)[O-])ccc1CC1CN(c2ccc([N+](=O)[O-])cc2C)c2ccc(Br)cc21. The van der Waals surface area contributed by atoms with Crippen LogP contribution in [0.5, 0.6) is 0 Å². The molecule has 7 nitrogen and oxygen atoms in total. The number of non-ortho nitro benzene ring substituents is 2. The number of aryl methyl sites for hydroxylation is 2. The number of fused-ring (bicyclic) bond motifs is 1. The van der Waals surface area contributed by atoms with E-state index >= 15 is 0 Å². The van der Waals surface area contributed by atoms with Gasteiger partial charge in [0.15, 0.2) is 0 Å². The van der Waals surface area contributed by atoms with Crippen molar-refractivity contribution in [2.24, 2.45) is 0 Å². The van der Waals surface area contributed by atoms with Crippen molar-refractivity contribution in [2.75, 3.05) is 11.4 Å². The molecule has 4 rings (SSSR count). The molecule has 0 saturated heterocycles. The summed E-state index contributed by atoms with van der Waals surface area (Å²) in [5.74, 6) is 0.183. The number of rotatable bonds is 5. The van der Waals surface area contributed by atoms with Crippen molar-refractivity contribution in [3.63, 3.8) is 0 Å². The quantitative estimate of drug-likeness (QED) is 0.312. The maximum absolute atomic E-state index is 11.1. The van der Waals surface area contributed by atoms with Gasteiger partial charge in [-0.3, -0.25) is 20.2 Å². The summed E-state index contributed by atoms with van der Waals surface area (Å²) in [6.07, 6.45) is 0.746. The summed E-state index contributed by atoms with van der Waals surface area (Å²) in [7, 11) is 0. The molecule has 31 heavy (non-hydrogen) atoms. The van der Waals surface area contributed by atoms with Crippen molar-refractivity contribution in [1.82, 2.24) is 0 Å². The van der Waals surface area contributed by atoms with Gasteiger partial charge in [-0.15, -0.1) is 0 Å². The van der Waals surface area contributed by atoms with Crippen molar-refractivity contribution in [2.45, 2.75) is 26.2 Å². The zero-order valence-corrected chi connectivity index (χ0v) is 18.6. The van der Waals surface area contributed by atoms with Crippen LogP contribution in [0.1, 0.15) is 28.2 Å². The van der Waals surface area contributed by atoms with Crippen molar-refractivity contribution >= 4 is 38.7 Å². The first-order chi connectivity index (χ1) is 14.7. The highest BCUT2D eigenvalue weighted by molar-refractivity contribution is 9.10. The van der Waals surface area contributed by atoms with Gasteiger partial charge in [-0.25, -0.2) is 0 Å². The van der Waals surface area contributed by atoms with Crippen LogP contribution in [0.15, 0.2) is 59.1 Å². The molecule has 0 spiro atoms. The largest absolute Gasteiger partial charge is 0.340 e. The maximum atomic E-state index is 11.1. The molecule has 0 radical (unpaired) electrons. The fourth-order valence-electron chi connectivity index (χ4n) is 4.26. The molecule has 3 aromatic carbocycles. The number of benzene rings is 3. The monoisotopic (exact) mass is 481 g/mol. The standard InChI is InChI=1S/C23H20BrN3O4/c1-14-9-19(26(28)29)5-3-16(14)11-17-13-25(23-7-4-18(24)12-21(17)23)22-8-6-20(27(30)31)10-15(22)2/h3-10,12,17H,11,13H2,1-2H3. The summed E-state index contributed by atoms with van der Waals surface area (Å²) in [6, 6.07) is 16.1. The second kappa shape index (κ2) is 8.11. The smallest absolute Gasteiger partial charge is 0.269 e. The van der Waals surface area contributed by atoms with E-state index < -0.39 is 0 Å². The fourth-order valence-corrected chi connectivity index (χ4v) is 4.64. The molecule has 1 aliphatic rings. The average Bonchev–Trinajstić information content (AvgIpc) is 3.06. The van der Waals surface area contributed by atoms with Crippen LogP contribution in [-0.4, -0.2) is 16.4 Å². The zero-order valence-electron chi connectivity index (χ0n) is 17.0. The Kier molecular flexibility index (Phi) is 5.49. The van der Waals surface area contributed by atoms with Gasteiger partial charge in [-0.05, 0) is 66.8 Å². The lowest BCUT2D eigenvalue weighted by Crippen LogP contribution is -2.18. The van der Waals surface area contributed by atoms with E-state index in [0.29, 0.717) is 0 Å². The zero-order chi connectivity index (χ0) is 22.3. The molecule has 0 fully saturated rings. The van der Waals surface area contributed by atoms with Crippen molar-refractivity contribution in [3.8, 4) is 0 Å². The van der Waals surface area contributed by atoms with Crippen LogP contribution < -0.4 is 4.90 Å².